The molecule has 0 radical (unpaired) electrons. The second-order valence-corrected chi connectivity index (χ2v) is 4.36. The number of hydrogen-bond acceptors (Lipinski definition) is 3. The number of rotatable bonds is 2. The summed E-state index contributed by atoms with van der Waals surface area (Å²) in [6.45, 7) is 0.640. The lowest BCUT2D eigenvalue weighted by Gasteiger charge is -2.35. The highest BCUT2D eigenvalue weighted by molar-refractivity contribution is 6.18. The van der Waals surface area contributed by atoms with Crippen molar-refractivity contribution >= 4 is 11.6 Å². The minimum absolute atomic E-state index is 0.0794. The molecule has 0 bridgehead atoms. The molecule has 1 heterocycles. The van der Waals surface area contributed by atoms with Gasteiger partial charge in [-0.15, -0.1) is 11.6 Å². The van der Waals surface area contributed by atoms with E-state index in [4.69, 9.17) is 25.8 Å². The molecule has 2 aliphatic rings. The summed E-state index contributed by atoms with van der Waals surface area (Å²) < 4.78 is 16.8. The van der Waals surface area contributed by atoms with E-state index in [0.717, 1.165) is 25.7 Å². The van der Waals surface area contributed by atoms with Gasteiger partial charge in [0, 0.05) is 20.0 Å². The zero-order valence-corrected chi connectivity index (χ0v) is 9.26. The summed E-state index contributed by atoms with van der Waals surface area (Å²) in [5, 5.41) is 0. The smallest absolute Gasteiger partial charge is 0.169 e. The molecule has 1 spiro atoms. The average Bonchev–Trinajstić information content (AvgIpc) is 2.63. The monoisotopic (exact) mass is 220 g/mol. The molecule has 1 atom stereocenters. The van der Waals surface area contributed by atoms with E-state index in [0.29, 0.717) is 18.6 Å². The molecular formula is C10H17ClO3. The molecule has 14 heavy (non-hydrogen) atoms. The zero-order valence-electron chi connectivity index (χ0n) is 8.50. The largest absolute Gasteiger partial charge is 0.381 e. The van der Waals surface area contributed by atoms with Crippen LogP contribution < -0.4 is 0 Å². The Balaban J connectivity index is 1.87. The minimum Gasteiger partial charge on any atom is -0.381 e. The van der Waals surface area contributed by atoms with Gasteiger partial charge in [-0.3, -0.25) is 0 Å². The van der Waals surface area contributed by atoms with Crippen molar-refractivity contribution in [1.29, 1.82) is 0 Å². The molecule has 2 fully saturated rings. The van der Waals surface area contributed by atoms with Crippen LogP contribution in [0, 0.1) is 0 Å². The quantitative estimate of drug-likeness (QED) is 0.666. The number of halogens is 1. The molecule has 82 valence electrons. The van der Waals surface area contributed by atoms with E-state index in [2.05, 4.69) is 0 Å². The van der Waals surface area contributed by atoms with E-state index in [-0.39, 0.29) is 11.9 Å². The highest BCUT2D eigenvalue weighted by atomic mass is 35.5. The maximum atomic E-state index is 5.82. The Hall–Kier alpha value is 0.170. The lowest BCUT2D eigenvalue weighted by molar-refractivity contribution is -0.197. The molecule has 1 aliphatic carbocycles. The summed E-state index contributed by atoms with van der Waals surface area (Å²) in [4.78, 5) is 0. The van der Waals surface area contributed by atoms with Gasteiger partial charge in [0.1, 0.15) is 0 Å². The van der Waals surface area contributed by atoms with Gasteiger partial charge in [-0.1, -0.05) is 0 Å². The molecule has 1 unspecified atom stereocenters. The van der Waals surface area contributed by atoms with E-state index in [1.807, 2.05) is 0 Å². The van der Waals surface area contributed by atoms with Gasteiger partial charge >= 0.3 is 0 Å². The van der Waals surface area contributed by atoms with Crippen LogP contribution in [-0.4, -0.2) is 37.6 Å². The average molecular weight is 221 g/mol. The third-order valence-corrected chi connectivity index (χ3v) is 3.46. The Morgan fingerprint density at radius 3 is 2.64 bits per heavy atom. The first kappa shape index (κ1) is 10.7. The molecule has 0 aromatic heterocycles. The molecule has 0 amide bonds. The SMILES string of the molecule is COC1CCC2(CC1)OCC(CCl)O2. The van der Waals surface area contributed by atoms with E-state index in [1.54, 1.807) is 7.11 Å². The summed E-state index contributed by atoms with van der Waals surface area (Å²) in [5.41, 5.74) is 0. The number of ether oxygens (including phenoxy) is 3. The second-order valence-electron chi connectivity index (χ2n) is 4.05. The highest BCUT2D eigenvalue weighted by Gasteiger charge is 2.43. The van der Waals surface area contributed by atoms with Crippen molar-refractivity contribution in [2.75, 3.05) is 19.6 Å². The predicted octanol–water partition coefficient (Wildman–Crippen LogP) is 1.93. The van der Waals surface area contributed by atoms with Gasteiger partial charge < -0.3 is 14.2 Å². The first-order chi connectivity index (χ1) is 6.78. The standard InChI is InChI=1S/C10H17ClO3/c1-12-8-2-4-10(5-3-8)13-7-9(6-11)14-10/h8-9H,2-7H2,1H3. The van der Waals surface area contributed by atoms with Gasteiger partial charge in [0.25, 0.3) is 0 Å². The lowest BCUT2D eigenvalue weighted by Crippen LogP contribution is -2.38. The molecule has 1 saturated carbocycles. The molecule has 2 rings (SSSR count). The summed E-state index contributed by atoms with van der Waals surface area (Å²) in [6.07, 6.45) is 4.35. The molecular weight excluding hydrogens is 204 g/mol. The van der Waals surface area contributed by atoms with E-state index < -0.39 is 0 Å². The lowest BCUT2D eigenvalue weighted by atomic mass is 9.92. The first-order valence-electron chi connectivity index (χ1n) is 5.18. The van der Waals surface area contributed by atoms with E-state index in [9.17, 15) is 0 Å². The van der Waals surface area contributed by atoms with Gasteiger partial charge in [0.2, 0.25) is 0 Å². The van der Waals surface area contributed by atoms with Crippen LogP contribution in [0.25, 0.3) is 0 Å². The van der Waals surface area contributed by atoms with Crippen LogP contribution >= 0.6 is 11.6 Å². The van der Waals surface area contributed by atoms with Crippen molar-refractivity contribution < 1.29 is 14.2 Å². The molecule has 0 N–H and O–H groups in total. The summed E-state index contributed by atoms with van der Waals surface area (Å²) in [7, 11) is 1.76. The van der Waals surface area contributed by atoms with Crippen molar-refractivity contribution in [3.05, 3.63) is 0 Å². The zero-order chi connectivity index (χ0) is 10.0. The van der Waals surface area contributed by atoms with Crippen molar-refractivity contribution in [2.24, 2.45) is 0 Å². The van der Waals surface area contributed by atoms with Crippen molar-refractivity contribution in [3.63, 3.8) is 0 Å². The van der Waals surface area contributed by atoms with Gasteiger partial charge in [-0.25, -0.2) is 0 Å². The highest BCUT2D eigenvalue weighted by Crippen LogP contribution is 2.38. The maximum absolute atomic E-state index is 5.82. The Bertz CT molecular complexity index is 190. The number of hydrogen-bond donors (Lipinski definition) is 0. The Labute approximate surface area is 89.7 Å². The first-order valence-corrected chi connectivity index (χ1v) is 5.72. The van der Waals surface area contributed by atoms with Crippen LogP contribution in [0.1, 0.15) is 25.7 Å². The van der Waals surface area contributed by atoms with Crippen molar-refractivity contribution in [1.82, 2.24) is 0 Å². The molecule has 1 saturated heterocycles. The van der Waals surface area contributed by atoms with Crippen LogP contribution in [0.2, 0.25) is 0 Å². The minimum atomic E-state index is -0.339. The fourth-order valence-electron chi connectivity index (χ4n) is 2.22. The number of alkyl halides is 1. The molecule has 0 aromatic carbocycles. The van der Waals surface area contributed by atoms with Crippen molar-refractivity contribution in [3.8, 4) is 0 Å². The van der Waals surface area contributed by atoms with Crippen LogP contribution in [0.3, 0.4) is 0 Å². The summed E-state index contributed by atoms with van der Waals surface area (Å²) in [6, 6.07) is 0. The predicted molar refractivity (Wildman–Crippen MR) is 53.5 cm³/mol. The van der Waals surface area contributed by atoms with Crippen LogP contribution in [0.15, 0.2) is 0 Å². The van der Waals surface area contributed by atoms with Gasteiger partial charge in [-0.2, -0.15) is 0 Å². The Kier molecular flexibility index (Phi) is 3.32. The van der Waals surface area contributed by atoms with E-state index in [1.165, 1.54) is 0 Å². The van der Waals surface area contributed by atoms with Crippen LogP contribution in [-0.2, 0) is 14.2 Å². The summed E-state index contributed by atoms with van der Waals surface area (Å²) >= 11 is 5.74. The van der Waals surface area contributed by atoms with Crippen LogP contribution in [0.5, 0.6) is 0 Å². The molecule has 4 heteroatoms. The van der Waals surface area contributed by atoms with E-state index >= 15 is 0 Å². The maximum Gasteiger partial charge on any atom is 0.169 e. The van der Waals surface area contributed by atoms with Gasteiger partial charge in [0.15, 0.2) is 5.79 Å². The Morgan fingerprint density at radius 1 is 1.43 bits per heavy atom. The topological polar surface area (TPSA) is 27.7 Å². The third kappa shape index (κ3) is 2.06. The van der Waals surface area contributed by atoms with Gasteiger partial charge in [-0.05, 0) is 12.8 Å². The van der Waals surface area contributed by atoms with Gasteiger partial charge in [0.05, 0.1) is 24.7 Å². The fourth-order valence-corrected chi connectivity index (χ4v) is 2.37. The molecule has 3 nitrogen and oxygen atoms in total. The Morgan fingerprint density at radius 2 is 2.14 bits per heavy atom. The third-order valence-electron chi connectivity index (χ3n) is 3.11. The summed E-state index contributed by atoms with van der Waals surface area (Å²) in [5.74, 6) is 0.185. The number of methoxy groups -OCH3 is 1. The second kappa shape index (κ2) is 4.35. The van der Waals surface area contributed by atoms with Crippen LogP contribution in [0.4, 0.5) is 0 Å². The molecule has 0 aromatic rings. The fraction of sp³-hybridized carbons (Fsp3) is 1.00. The molecule has 1 aliphatic heterocycles. The van der Waals surface area contributed by atoms with Crippen molar-refractivity contribution in [2.45, 2.75) is 43.7 Å². The normalized spacial score (nSPS) is 43.3.